The lowest BCUT2D eigenvalue weighted by Gasteiger charge is -2.22. The number of hydrogen-bond acceptors (Lipinski definition) is 8. The summed E-state index contributed by atoms with van der Waals surface area (Å²) in [5, 5.41) is 5.17. The molecule has 2 amide bonds. The molecule has 10 heteroatoms. The van der Waals surface area contributed by atoms with E-state index in [1.54, 1.807) is 0 Å². The SMILES string of the molecule is C=O.C=O.CC(=O)CCC(NC(=O)CCC(C)CC(C)=O)C(=O)NC(CCC=O)C(C)=O. The van der Waals surface area contributed by atoms with Gasteiger partial charge in [0.2, 0.25) is 11.8 Å². The first-order valence-corrected chi connectivity index (χ1v) is 10.2. The molecule has 0 aromatic heterocycles. The van der Waals surface area contributed by atoms with Crippen LogP contribution in [0.2, 0.25) is 0 Å². The lowest BCUT2D eigenvalue weighted by molar-refractivity contribution is -0.132. The van der Waals surface area contributed by atoms with Crippen molar-refractivity contribution in [1.29, 1.82) is 0 Å². The fraction of sp³-hybridized carbons (Fsp3) is 0.636. The molecular formula is C22H36N2O8. The highest BCUT2D eigenvalue weighted by atomic mass is 16.2. The molecule has 0 aliphatic carbocycles. The van der Waals surface area contributed by atoms with Crippen LogP contribution in [0.5, 0.6) is 0 Å². The van der Waals surface area contributed by atoms with E-state index in [0.29, 0.717) is 19.1 Å². The molecule has 0 aromatic carbocycles. The van der Waals surface area contributed by atoms with Gasteiger partial charge in [0.15, 0.2) is 5.78 Å². The zero-order valence-corrected chi connectivity index (χ0v) is 19.4. The average molecular weight is 457 g/mol. The molecular weight excluding hydrogens is 420 g/mol. The van der Waals surface area contributed by atoms with Gasteiger partial charge in [0.25, 0.3) is 0 Å². The minimum Gasteiger partial charge on any atom is -0.345 e. The van der Waals surface area contributed by atoms with Crippen molar-refractivity contribution < 1.29 is 38.4 Å². The summed E-state index contributed by atoms with van der Waals surface area (Å²) in [5.74, 6) is -1.21. The molecule has 0 aliphatic rings. The Morgan fingerprint density at radius 1 is 0.781 bits per heavy atom. The second-order valence-electron chi connectivity index (χ2n) is 7.33. The molecule has 0 heterocycles. The molecule has 32 heavy (non-hydrogen) atoms. The first-order chi connectivity index (χ1) is 15.1. The predicted octanol–water partition coefficient (Wildman–Crippen LogP) is 0.919. The number of Topliss-reactive ketones (excluding diaryl/α,β-unsaturated/α-hetero) is 3. The minimum atomic E-state index is -0.947. The van der Waals surface area contributed by atoms with Crippen LogP contribution in [0, 0.1) is 5.92 Å². The Labute approximate surface area is 189 Å². The molecule has 0 radical (unpaired) electrons. The van der Waals surface area contributed by atoms with E-state index in [9.17, 15) is 28.8 Å². The van der Waals surface area contributed by atoms with E-state index in [4.69, 9.17) is 9.59 Å². The fourth-order valence-corrected chi connectivity index (χ4v) is 2.74. The van der Waals surface area contributed by atoms with E-state index >= 15 is 0 Å². The summed E-state index contributed by atoms with van der Waals surface area (Å²) in [5.41, 5.74) is 0. The maximum Gasteiger partial charge on any atom is 0.243 e. The number of amides is 2. The van der Waals surface area contributed by atoms with E-state index in [2.05, 4.69) is 10.6 Å². The number of rotatable bonds is 15. The number of carbonyl (C=O) groups is 8. The Kier molecular flexibility index (Phi) is 22.3. The van der Waals surface area contributed by atoms with Gasteiger partial charge in [0.1, 0.15) is 37.5 Å². The van der Waals surface area contributed by atoms with Crippen molar-refractivity contribution in [1.82, 2.24) is 10.6 Å². The smallest absolute Gasteiger partial charge is 0.243 e. The van der Waals surface area contributed by atoms with Crippen LogP contribution in [-0.2, 0) is 38.4 Å². The molecule has 0 aromatic rings. The summed E-state index contributed by atoms with van der Waals surface area (Å²) in [7, 11) is 0. The molecule has 0 saturated carbocycles. The van der Waals surface area contributed by atoms with Gasteiger partial charge < -0.3 is 34.6 Å². The summed E-state index contributed by atoms with van der Waals surface area (Å²) in [6.07, 6.45) is 2.25. The van der Waals surface area contributed by atoms with Gasteiger partial charge in [-0.05, 0) is 46.0 Å². The number of carbonyl (C=O) groups excluding carboxylic acids is 8. The molecule has 0 bridgehead atoms. The van der Waals surface area contributed by atoms with E-state index in [0.717, 1.165) is 0 Å². The van der Waals surface area contributed by atoms with Crippen LogP contribution in [0.25, 0.3) is 0 Å². The van der Waals surface area contributed by atoms with Crippen molar-refractivity contribution in [3.63, 3.8) is 0 Å². The van der Waals surface area contributed by atoms with Crippen LogP contribution >= 0.6 is 0 Å². The number of hydrogen-bond donors (Lipinski definition) is 2. The summed E-state index contributed by atoms with van der Waals surface area (Å²) < 4.78 is 0. The minimum absolute atomic E-state index is 0.0530. The Balaban J connectivity index is -0.00000198. The topological polar surface area (TPSA) is 161 Å². The number of aldehydes is 1. The van der Waals surface area contributed by atoms with Gasteiger partial charge in [-0.1, -0.05) is 6.92 Å². The second kappa shape index (κ2) is 21.2. The van der Waals surface area contributed by atoms with Gasteiger partial charge in [0, 0.05) is 25.7 Å². The Morgan fingerprint density at radius 2 is 1.34 bits per heavy atom. The van der Waals surface area contributed by atoms with Crippen molar-refractivity contribution in [2.75, 3.05) is 0 Å². The zero-order chi connectivity index (χ0) is 25.7. The van der Waals surface area contributed by atoms with Gasteiger partial charge >= 0.3 is 0 Å². The average Bonchev–Trinajstić information content (AvgIpc) is 2.74. The van der Waals surface area contributed by atoms with E-state index in [-0.39, 0.29) is 61.3 Å². The van der Waals surface area contributed by atoms with Crippen molar-refractivity contribution in [2.24, 2.45) is 5.92 Å². The van der Waals surface area contributed by atoms with Gasteiger partial charge in [-0.15, -0.1) is 0 Å². The lowest BCUT2D eigenvalue weighted by atomic mass is 9.99. The maximum atomic E-state index is 12.5. The summed E-state index contributed by atoms with van der Waals surface area (Å²) in [4.78, 5) is 85.3. The highest BCUT2D eigenvalue weighted by Gasteiger charge is 2.25. The van der Waals surface area contributed by atoms with E-state index < -0.39 is 18.0 Å². The monoisotopic (exact) mass is 456 g/mol. The summed E-state index contributed by atoms with van der Waals surface area (Å²) in [6.45, 7) is 10.1. The maximum absolute atomic E-state index is 12.5. The van der Waals surface area contributed by atoms with Gasteiger partial charge in [-0.25, -0.2) is 0 Å². The van der Waals surface area contributed by atoms with E-state index in [1.165, 1.54) is 20.8 Å². The summed E-state index contributed by atoms with van der Waals surface area (Å²) in [6, 6.07) is -1.76. The molecule has 2 N–H and O–H groups in total. The van der Waals surface area contributed by atoms with Crippen molar-refractivity contribution in [2.45, 2.75) is 84.7 Å². The van der Waals surface area contributed by atoms with Crippen LogP contribution in [-0.4, -0.2) is 61.1 Å². The molecule has 0 fully saturated rings. The first-order valence-electron chi connectivity index (χ1n) is 10.2. The van der Waals surface area contributed by atoms with Gasteiger partial charge in [-0.3, -0.25) is 14.4 Å². The van der Waals surface area contributed by atoms with Gasteiger partial charge in [-0.2, -0.15) is 0 Å². The van der Waals surface area contributed by atoms with Crippen LogP contribution in [0.15, 0.2) is 0 Å². The normalized spacial score (nSPS) is 12.2. The highest BCUT2D eigenvalue weighted by molar-refractivity contribution is 5.92. The Bertz CT molecular complexity index is 619. The third kappa shape index (κ3) is 19.0. The Hall–Kier alpha value is -3.04. The standard InChI is InChI=1S/C20H32N2O6.2CH2O/c1-13(12-15(3)25)7-10-19(27)21-18(9-8-14(2)24)20(28)22-17(16(4)26)6-5-11-23;2*1-2/h11,13,17-18H,5-10,12H2,1-4H3,(H,21,27)(H,22,28);2*1H2. The largest absolute Gasteiger partial charge is 0.345 e. The number of ketones is 3. The number of nitrogens with one attached hydrogen (secondary N) is 2. The predicted molar refractivity (Wildman–Crippen MR) is 118 cm³/mol. The first kappa shape index (κ1) is 33.6. The van der Waals surface area contributed by atoms with Crippen molar-refractivity contribution in [3.05, 3.63) is 0 Å². The molecule has 0 spiro atoms. The zero-order valence-electron chi connectivity index (χ0n) is 19.4. The van der Waals surface area contributed by atoms with Crippen LogP contribution in [0.4, 0.5) is 0 Å². The third-order valence-electron chi connectivity index (χ3n) is 4.32. The molecule has 0 aliphatic heterocycles. The van der Waals surface area contributed by atoms with Crippen molar-refractivity contribution in [3.8, 4) is 0 Å². The van der Waals surface area contributed by atoms with E-state index in [1.807, 2.05) is 20.5 Å². The fourth-order valence-electron chi connectivity index (χ4n) is 2.74. The van der Waals surface area contributed by atoms with Crippen molar-refractivity contribution >= 4 is 49.0 Å². The van der Waals surface area contributed by atoms with Gasteiger partial charge in [0.05, 0.1) is 6.04 Å². The highest BCUT2D eigenvalue weighted by Crippen LogP contribution is 2.11. The molecule has 3 unspecified atom stereocenters. The quantitative estimate of drug-likeness (QED) is 0.344. The summed E-state index contributed by atoms with van der Waals surface area (Å²) >= 11 is 0. The Morgan fingerprint density at radius 3 is 1.78 bits per heavy atom. The van der Waals surface area contributed by atoms with Crippen LogP contribution in [0.3, 0.4) is 0 Å². The molecule has 3 atom stereocenters. The second-order valence-corrected chi connectivity index (χ2v) is 7.33. The van der Waals surface area contributed by atoms with Crippen LogP contribution < -0.4 is 10.6 Å². The molecule has 0 saturated heterocycles. The third-order valence-corrected chi connectivity index (χ3v) is 4.32. The lowest BCUT2D eigenvalue weighted by Crippen LogP contribution is -2.51. The van der Waals surface area contributed by atoms with Crippen LogP contribution in [0.1, 0.15) is 72.6 Å². The molecule has 182 valence electrons. The molecule has 10 nitrogen and oxygen atoms in total. The molecule has 0 rings (SSSR count).